The molecule has 1 aromatic rings. The fourth-order valence-electron chi connectivity index (χ4n) is 2.11. The molecule has 0 saturated carbocycles. The molecule has 1 atom stereocenters. The largest absolute Gasteiger partial charge is 0.384 e. The summed E-state index contributed by atoms with van der Waals surface area (Å²) in [6, 6.07) is 8.85. The Morgan fingerprint density at radius 1 is 1.11 bits per heavy atom. The van der Waals surface area contributed by atoms with Gasteiger partial charge < -0.3 is 10.5 Å². The zero-order valence-electron chi connectivity index (χ0n) is 11.8. The molecule has 0 aliphatic rings. The van der Waals surface area contributed by atoms with Crippen LogP contribution in [0.3, 0.4) is 0 Å². The van der Waals surface area contributed by atoms with Crippen LogP contribution in [0.15, 0.2) is 24.3 Å². The van der Waals surface area contributed by atoms with Crippen LogP contribution >= 0.6 is 0 Å². The molecule has 102 valence electrons. The molecule has 1 unspecified atom stereocenters. The number of nitrogens with two attached hydrogens (primary N) is 1. The minimum atomic E-state index is 0.193. The van der Waals surface area contributed by atoms with Crippen molar-refractivity contribution in [1.29, 1.82) is 0 Å². The van der Waals surface area contributed by atoms with Crippen molar-refractivity contribution >= 4 is 0 Å². The van der Waals surface area contributed by atoms with E-state index in [0.717, 1.165) is 19.4 Å². The van der Waals surface area contributed by atoms with Crippen LogP contribution in [0.5, 0.6) is 0 Å². The van der Waals surface area contributed by atoms with Crippen molar-refractivity contribution in [3.8, 4) is 0 Å². The van der Waals surface area contributed by atoms with Gasteiger partial charge in [-0.05, 0) is 24.0 Å². The molecule has 0 fully saturated rings. The highest BCUT2D eigenvalue weighted by Gasteiger charge is 2.05. The second-order valence-corrected chi connectivity index (χ2v) is 4.94. The molecule has 0 radical (unpaired) electrons. The van der Waals surface area contributed by atoms with Crippen LogP contribution in [0.1, 0.15) is 56.2 Å². The fourth-order valence-corrected chi connectivity index (χ4v) is 2.11. The SMILES string of the molecule is CCCCCCC(N)c1ccc(CCOC)cc1. The summed E-state index contributed by atoms with van der Waals surface area (Å²) in [5, 5.41) is 0. The first-order valence-corrected chi connectivity index (χ1v) is 7.11. The van der Waals surface area contributed by atoms with Gasteiger partial charge in [0.15, 0.2) is 0 Å². The average Bonchev–Trinajstić information content (AvgIpc) is 2.41. The van der Waals surface area contributed by atoms with Crippen LogP contribution < -0.4 is 5.73 Å². The maximum absolute atomic E-state index is 6.20. The second-order valence-electron chi connectivity index (χ2n) is 4.94. The molecule has 1 aromatic carbocycles. The van der Waals surface area contributed by atoms with Gasteiger partial charge in [-0.3, -0.25) is 0 Å². The quantitative estimate of drug-likeness (QED) is 0.675. The minimum absolute atomic E-state index is 0.193. The summed E-state index contributed by atoms with van der Waals surface area (Å²) >= 11 is 0. The zero-order chi connectivity index (χ0) is 13.2. The molecule has 0 spiro atoms. The Morgan fingerprint density at radius 2 is 1.83 bits per heavy atom. The molecule has 0 aliphatic carbocycles. The predicted octanol–water partition coefficient (Wildman–Crippen LogP) is 3.85. The van der Waals surface area contributed by atoms with Crippen LogP contribution in [-0.2, 0) is 11.2 Å². The molecule has 0 saturated heterocycles. The van der Waals surface area contributed by atoms with Crippen LogP contribution in [-0.4, -0.2) is 13.7 Å². The van der Waals surface area contributed by atoms with E-state index >= 15 is 0 Å². The Balaban J connectivity index is 2.36. The first-order chi connectivity index (χ1) is 8.77. The van der Waals surface area contributed by atoms with Gasteiger partial charge in [-0.2, -0.15) is 0 Å². The van der Waals surface area contributed by atoms with Crippen LogP contribution in [0.25, 0.3) is 0 Å². The van der Waals surface area contributed by atoms with E-state index in [9.17, 15) is 0 Å². The highest BCUT2D eigenvalue weighted by molar-refractivity contribution is 5.24. The Hall–Kier alpha value is -0.860. The van der Waals surface area contributed by atoms with Crippen LogP contribution in [0.4, 0.5) is 0 Å². The van der Waals surface area contributed by atoms with Crippen molar-refractivity contribution in [2.45, 2.75) is 51.5 Å². The maximum Gasteiger partial charge on any atom is 0.0502 e. The summed E-state index contributed by atoms with van der Waals surface area (Å²) in [5.74, 6) is 0. The second kappa shape index (κ2) is 9.12. The monoisotopic (exact) mass is 249 g/mol. The average molecular weight is 249 g/mol. The van der Waals surface area contributed by atoms with E-state index in [4.69, 9.17) is 10.5 Å². The molecule has 0 bridgehead atoms. The van der Waals surface area contributed by atoms with E-state index in [1.165, 1.54) is 36.8 Å². The van der Waals surface area contributed by atoms with E-state index in [2.05, 4.69) is 31.2 Å². The van der Waals surface area contributed by atoms with Crippen molar-refractivity contribution in [3.63, 3.8) is 0 Å². The van der Waals surface area contributed by atoms with Crippen molar-refractivity contribution in [2.24, 2.45) is 5.73 Å². The molecular weight excluding hydrogens is 222 g/mol. The molecule has 0 aliphatic heterocycles. The zero-order valence-corrected chi connectivity index (χ0v) is 11.8. The van der Waals surface area contributed by atoms with Gasteiger partial charge in [-0.15, -0.1) is 0 Å². The summed E-state index contributed by atoms with van der Waals surface area (Å²) in [5.41, 5.74) is 8.78. The summed E-state index contributed by atoms with van der Waals surface area (Å²) in [6.07, 6.45) is 7.21. The lowest BCUT2D eigenvalue weighted by atomic mass is 9.99. The van der Waals surface area contributed by atoms with E-state index in [1.54, 1.807) is 7.11 Å². The van der Waals surface area contributed by atoms with Crippen molar-refractivity contribution < 1.29 is 4.74 Å². The molecule has 0 aromatic heterocycles. The van der Waals surface area contributed by atoms with Gasteiger partial charge in [-0.1, -0.05) is 56.9 Å². The minimum Gasteiger partial charge on any atom is -0.384 e. The molecule has 0 amide bonds. The fraction of sp³-hybridized carbons (Fsp3) is 0.625. The number of ether oxygens (including phenoxy) is 1. The number of hydrogen-bond donors (Lipinski definition) is 1. The molecule has 1 rings (SSSR count). The van der Waals surface area contributed by atoms with Gasteiger partial charge in [0.05, 0.1) is 6.61 Å². The first kappa shape index (κ1) is 15.2. The molecule has 0 heterocycles. The molecule has 2 nitrogen and oxygen atoms in total. The van der Waals surface area contributed by atoms with Gasteiger partial charge >= 0.3 is 0 Å². The highest BCUT2D eigenvalue weighted by atomic mass is 16.5. The number of hydrogen-bond acceptors (Lipinski definition) is 2. The highest BCUT2D eigenvalue weighted by Crippen LogP contribution is 2.18. The number of unbranched alkanes of at least 4 members (excludes halogenated alkanes) is 3. The lowest BCUT2D eigenvalue weighted by Crippen LogP contribution is -2.10. The summed E-state index contributed by atoms with van der Waals surface area (Å²) < 4.78 is 5.07. The van der Waals surface area contributed by atoms with Crippen LogP contribution in [0, 0.1) is 0 Å². The molecular formula is C16H27NO. The number of rotatable bonds is 9. The van der Waals surface area contributed by atoms with E-state index in [-0.39, 0.29) is 6.04 Å². The summed E-state index contributed by atoms with van der Waals surface area (Å²) in [4.78, 5) is 0. The standard InChI is InChI=1S/C16H27NO/c1-3-4-5-6-7-16(17)15-10-8-14(9-11-15)12-13-18-2/h8-11,16H,3-7,12-13,17H2,1-2H3. The van der Waals surface area contributed by atoms with E-state index in [0.29, 0.717) is 0 Å². The third-order valence-corrected chi connectivity index (χ3v) is 3.37. The Morgan fingerprint density at radius 3 is 2.44 bits per heavy atom. The lowest BCUT2D eigenvalue weighted by Gasteiger charge is -2.12. The van der Waals surface area contributed by atoms with Crippen molar-refractivity contribution in [3.05, 3.63) is 35.4 Å². The third-order valence-electron chi connectivity index (χ3n) is 3.37. The Bertz CT molecular complexity index is 307. The predicted molar refractivity (Wildman–Crippen MR) is 77.7 cm³/mol. The molecule has 2 heteroatoms. The Kier molecular flexibility index (Phi) is 7.70. The van der Waals surface area contributed by atoms with Crippen LogP contribution in [0.2, 0.25) is 0 Å². The number of methoxy groups -OCH3 is 1. The lowest BCUT2D eigenvalue weighted by molar-refractivity contribution is 0.202. The van der Waals surface area contributed by atoms with Gasteiger partial charge in [-0.25, -0.2) is 0 Å². The van der Waals surface area contributed by atoms with Gasteiger partial charge in [0.25, 0.3) is 0 Å². The number of benzene rings is 1. The first-order valence-electron chi connectivity index (χ1n) is 7.11. The van der Waals surface area contributed by atoms with E-state index < -0.39 is 0 Å². The Labute approximate surface area is 112 Å². The smallest absolute Gasteiger partial charge is 0.0502 e. The van der Waals surface area contributed by atoms with Crippen molar-refractivity contribution in [2.75, 3.05) is 13.7 Å². The summed E-state index contributed by atoms with van der Waals surface area (Å²) in [6.45, 7) is 3.01. The maximum atomic E-state index is 6.20. The molecule has 18 heavy (non-hydrogen) atoms. The third kappa shape index (κ3) is 5.65. The van der Waals surface area contributed by atoms with Gasteiger partial charge in [0.2, 0.25) is 0 Å². The van der Waals surface area contributed by atoms with Gasteiger partial charge in [0, 0.05) is 13.2 Å². The normalized spacial score (nSPS) is 12.6. The molecule has 2 N–H and O–H groups in total. The van der Waals surface area contributed by atoms with Gasteiger partial charge in [0.1, 0.15) is 0 Å². The van der Waals surface area contributed by atoms with E-state index in [1.807, 2.05) is 0 Å². The topological polar surface area (TPSA) is 35.2 Å². The summed E-state index contributed by atoms with van der Waals surface area (Å²) in [7, 11) is 1.74. The van der Waals surface area contributed by atoms with Crippen molar-refractivity contribution in [1.82, 2.24) is 0 Å².